The second-order valence-corrected chi connectivity index (χ2v) is 6.17. The molecule has 0 saturated heterocycles. The van der Waals surface area contributed by atoms with Gasteiger partial charge in [-0.15, -0.1) is 0 Å². The molecular formula is C18H39NO. The van der Waals surface area contributed by atoms with Crippen molar-refractivity contribution >= 4 is 0 Å². The molecule has 2 nitrogen and oxygen atoms in total. The zero-order valence-corrected chi connectivity index (χ0v) is 14.1. The predicted octanol–water partition coefficient (Wildman–Crippen LogP) is 4.91. The zero-order valence-electron chi connectivity index (χ0n) is 14.1. The first-order valence-electron chi connectivity index (χ1n) is 9.16. The van der Waals surface area contributed by atoms with E-state index in [0.717, 1.165) is 19.5 Å². The molecule has 0 aromatic carbocycles. The molecule has 2 N–H and O–H groups in total. The summed E-state index contributed by atoms with van der Waals surface area (Å²) in [5.74, 6) is 0.656. The van der Waals surface area contributed by atoms with Gasteiger partial charge in [-0.05, 0) is 31.8 Å². The van der Waals surface area contributed by atoms with Gasteiger partial charge < -0.3 is 10.4 Å². The van der Waals surface area contributed by atoms with Crippen molar-refractivity contribution in [2.45, 2.75) is 90.9 Å². The van der Waals surface area contributed by atoms with Crippen LogP contribution in [-0.2, 0) is 0 Å². The van der Waals surface area contributed by atoms with E-state index in [-0.39, 0.29) is 0 Å². The van der Waals surface area contributed by atoms with Crippen LogP contribution in [-0.4, -0.2) is 24.8 Å². The minimum Gasteiger partial charge on any atom is -0.396 e. The van der Waals surface area contributed by atoms with E-state index in [0.29, 0.717) is 12.5 Å². The Morgan fingerprint density at radius 2 is 1.35 bits per heavy atom. The molecule has 1 atom stereocenters. The van der Waals surface area contributed by atoms with E-state index in [1.807, 2.05) is 0 Å². The van der Waals surface area contributed by atoms with Crippen LogP contribution in [0.5, 0.6) is 0 Å². The van der Waals surface area contributed by atoms with Gasteiger partial charge >= 0.3 is 0 Å². The highest BCUT2D eigenvalue weighted by Gasteiger charge is 2.03. The van der Waals surface area contributed by atoms with Gasteiger partial charge in [-0.2, -0.15) is 0 Å². The summed E-state index contributed by atoms with van der Waals surface area (Å²) < 4.78 is 0. The van der Waals surface area contributed by atoms with Gasteiger partial charge in [-0.3, -0.25) is 0 Å². The molecular weight excluding hydrogens is 246 g/mol. The van der Waals surface area contributed by atoms with Gasteiger partial charge in [-0.25, -0.2) is 0 Å². The van der Waals surface area contributed by atoms with E-state index in [2.05, 4.69) is 19.2 Å². The molecule has 0 aromatic rings. The fraction of sp³-hybridized carbons (Fsp3) is 1.00. The minimum atomic E-state index is 0.332. The molecule has 122 valence electrons. The lowest BCUT2D eigenvalue weighted by atomic mass is 10.0. The number of aliphatic hydroxyl groups excluding tert-OH is 1. The molecule has 20 heavy (non-hydrogen) atoms. The maximum absolute atomic E-state index is 8.93. The number of aliphatic hydroxyl groups is 1. The van der Waals surface area contributed by atoms with Gasteiger partial charge in [0, 0.05) is 6.61 Å². The molecule has 0 radical (unpaired) electrons. The average molecular weight is 286 g/mol. The molecule has 0 amide bonds. The van der Waals surface area contributed by atoms with Crippen molar-refractivity contribution in [1.82, 2.24) is 5.32 Å². The Balaban J connectivity index is 3.09. The van der Waals surface area contributed by atoms with Gasteiger partial charge in [0.2, 0.25) is 0 Å². The molecule has 1 unspecified atom stereocenters. The number of hydrogen-bond acceptors (Lipinski definition) is 2. The Kier molecular flexibility index (Phi) is 16.9. The van der Waals surface area contributed by atoms with E-state index >= 15 is 0 Å². The molecule has 0 aliphatic rings. The zero-order chi connectivity index (χ0) is 14.9. The van der Waals surface area contributed by atoms with Crippen LogP contribution in [0.4, 0.5) is 0 Å². The third-order valence-corrected chi connectivity index (χ3v) is 4.25. The Bertz CT molecular complexity index is 173. The topological polar surface area (TPSA) is 32.3 Å². The van der Waals surface area contributed by atoms with Crippen molar-refractivity contribution in [3.63, 3.8) is 0 Å². The van der Waals surface area contributed by atoms with E-state index in [1.165, 1.54) is 70.6 Å². The summed E-state index contributed by atoms with van der Waals surface area (Å²) in [6.07, 6.45) is 16.2. The molecule has 0 aliphatic heterocycles. The Labute approximate surface area is 127 Å². The van der Waals surface area contributed by atoms with Gasteiger partial charge in [0.1, 0.15) is 0 Å². The lowest BCUT2D eigenvalue weighted by Gasteiger charge is -2.14. The van der Waals surface area contributed by atoms with E-state index < -0.39 is 0 Å². The van der Waals surface area contributed by atoms with Gasteiger partial charge in [0.25, 0.3) is 0 Å². The van der Waals surface area contributed by atoms with Crippen molar-refractivity contribution in [2.24, 2.45) is 5.92 Å². The van der Waals surface area contributed by atoms with Crippen molar-refractivity contribution < 1.29 is 5.11 Å². The van der Waals surface area contributed by atoms with Crippen LogP contribution < -0.4 is 5.32 Å². The highest BCUT2D eigenvalue weighted by Crippen LogP contribution is 2.10. The van der Waals surface area contributed by atoms with Crippen molar-refractivity contribution in [3.05, 3.63) is 0 Å². The Morgan fingerprint density at radius 3 is 1.85 bits per heavy atom. The normalized spacial score (nSPS) is 12.8. The molecule has 0 rings (SSSR count). The lowest BCUT2D eigenvalue weighted by Crippen LogP contribution is -2.24. The number of hydrogen-bond donors (Lipinski definition) is 2. The first-order valence-corrected chi connectivity index (χ1v) is 9.16. The number of rotatable bonds is 16. The molecule has 0 saturated carbocycles. The maximum Gasteiger partial charge on any atom is 0.0434 e. The molecule has 0 fully saturated rings. The minimum absolute atomic E-state index is 0.332. The van der Waals surface area contributed by atoms with Gasteiger partial charge in [-0.1, -0.05) is 78.1 Å². The number of nitrogens with one attached hydrogen (secondary N) is 1. The number of unbranched alkanes of at least 4 members (excludes halogenated alkanes) is 9. The molecule has 0 spiro atoms. The molecule has 0 bridgehead atoms. The van der Waals surface area contributed by atoms with Crippen LogP contribution in [0.2, 0.25) is 0 Å². The first kappa shape index (κ1) is 19.9. The van der Waals surface area contributed by atoms with Crippen LogP contribution in [0.3, 0.4) is 0 Å². The molecule has 2 heteroatoms. The third-order valence-electron chi connectivity index (χ3n) is 4.25. The summed E-state index contributed by atoms with van der Waals surface area (Å²) in [5.41, 5.74) is 0. The summed E-state index contributed by atoms with van der Waals surface area (Å²) in [6.45, 7) is 7.05. The monoisotopic (exact) mass is 285 g/mol. The van der Waals surface area contributed by atoms with Crippen molar-refractivity contribution in [3.8, 4) is 0 Å². The quantitative estimate of drug-likeness (QED) is 0.395. The fourth-order valence-corrected chi connectivity index (χ4v) is 2.68. The largest absolute Gasteiger partial charge is 0.396 e. The SMILES string of the molecule is CCCCCCCCCCCCNCC(CC)CCO. The molecule has 0 aliphatic carbocycles. The van der Waals surface area contributed by atoms with E-state index in [9.17, 15) is 0 Å². The van der Waals surface area contributed by atoms with Gasteiger partial charge in [0.05, 0.1) is 0 Å². The van der Waals surface area contributed by atoms with Crippen LogP contribution in [0.15, 0.2) is 0 Å². The maximum atomic E-state index is 8.93. The Hall–Kier alpha value is -0.0800. The van der Waals surface area contributed by atoms with Crippen LogP contribution in [0.1, 0.15) is 90.9 Å². The standard InChI is InChI=1S/C18H39NO/c1-3-5-6-7-8-9-10-11-12-13-15-19-17-18(4-2)14-16-20/h18-20H,3-17H2,1-2H3. The van der Waals surface area contributed by atoms with Crippen LogP contribution in [0.25, 0.3) is 0 Å². The summed E-state index contributed by atoms with van der Waals surface area (Å²) in [7, 11) is 0. The van der Waals surface area contributed by atoms with Crippen molar-refractivity contribution in [1.29, 1.82) is 0 Å². The fourth-order valence-electron chi connectivity index (χ4n) is 2.68. The smallest absolute Gasteiger partial charge is 0.0434 e. The highest BCUT2D eigenvalue weighted by atomic mass is 16.3. The van der Waals surface area contributed by atoms with Crippen LogP contribution in [0, 0.1) is 5.92 Å². The highest BCUT2D eigenvalue weighted by molar-refractivity contribution is 4.60. The third kappa shape index (κ3) is 14.3. The van der Waals surface area contributed by atoms with E-state index in [1.54, 1.807) is 0 Å². The summed E-state index contributed by atoms with van der Waals surface area (Å²) in [6, 6.07) is 0. The molecule has 0 aromatic heterocycles. The molecule has 0 heterocycles. The summed E-state index contributed by atoms with van der Waals surface area (Å²) in [5, 5.41) is 12.5. The van der Waals surface area contributed by atoms with Gasteiger partial charge in [0.15, 0.2) is 0 Å². The summed E-state index contributed by atoms with van der Waals surface area (Å²) in [4.78, 5) is 0. The first-order chi connectivity index (χ1) is 9.85. The average Bonchev–Trinajstić information content (AvgIpc) is 2.47. The van der Waals surface area contributed by atoms with E-state index in [4.69, 9.17) is 5.11 Å². The summed E-state index contributed by atoms with van der Waals surface area (Å²) >= 11 is 0. The lowest BCUT2D eigenvalue weighted by molar-refractivity contribution is 0.251. The van der Waals surface area contributed by atoms with Crippen LogP contribution >= 0.6 is 0 Å². The Morgan fingerprint density at radius 1 is 0.800 bits per heavy atom. The predicted molar refractivity (Wildman–Crippen MR) is 90.2 cm³/mol. The van der Waals surface area contributed by atoms with Crippen molar-refractivity contribution in [2.75, 3.05) is 19.7 Å². The second-order valence-electron chi connectivity index (χ2n) is 6.17. The second kappa shape index (κ2) is 17.0.